The van der Waals surface area contributed by atoms with Crippen molar-refractivity contribution in [3.05, 3.63) is 51.2 Å². The van der Waals surface area contributed by atoms with Gasteiger partial charge in [0.1, 0.15) is 6.54 Å². The summed E-state index contributed by atoms with van der Waals surface area (Å²) in [5, 5.41) is 4.73. The topological polar surface area (TPSA) is 34.9 Å². The highest BCUT2D eigenvalue weighted by molar-refractivity contribution is 9.10. The van der Waals surface area contributed by atoms with E-state index in [1.807, 2.05) is 19.1 Å². The van der Waals surface area contributed by atoms with Gasteiger partial charge in [-0.15, -0.1) is 0 Å². The lowest BCUT2D eigenvalue weighted by molar-refractivity contribution is 0.0967. The third-order valence-corrected chi connectivity index (χ3v) is 3.26. The highest BCUT2D eigenvalue weighted by Crippen LogP contribution is 2.14. The minimum absolute atomic E-state index is 0.0108. The Hall–Kier alpha value is -1.13. The number of Topliss-reactive ketones (excluding diaryl/α,β-unsaturated/α-hetero) is 1. The van der Waals surface area contributed by atoms with Crippen LogP contribution >= 0.6 is 27.5 Å². The molecule has 0 saturated carbocycles. The lowest BCUT2D eigenvalue weighted by Crippen LogP contribution is -2.10. The number of ketones is 1. The van der Waals surface area contributed by atoms with Crippen molar-refractivity contribution in [2.24, 2.45) is 0 Å². The molecular weight excluding hydrogens is 304 g/mol. The second kappa shape index (κ2) is 5.02. The van der Waals surface area contributed by atoms with Crippen molar-refractivity contribution in [2.75, 3.05) is 0 Å². The van der Waals surface area contributed by atoms with Gasteiger partial charge < -0.3 is 0 Å². The number of hydrogen-bond acceptors (Lipinski definition) is 2. The van der Waals surface area contributed by atoms with Gasteiger partial charge in [0.05, 0.1) is 10.7 Å². The molecule has 3 nitrogen and oxygen atoms in total. The summed E-state index contributed by atoms with van der Waals surface area (Å²) >= 11 is 9.21. The maximum absolute atomic E-state index is 11.9. The number of rotatable bonds is 3. The Bertz CT molecular complexity index is 529. The molecule has 5 heteroatoms. The molecule has 0 unspecified atom stereocenters. The van der Waals surface area contributed by atoms with Crippen molar-refractivity contribution < 1.29 is 4.79 Å². The number of carbonyl (C=O) groups is 1. The van der Waals surface area contributed by atoms with E-state index in [0.717, 1.165) is 10.2 Å². The Balaban J connectivity index is 2.14. The fraction of sp³-hybridized carbons (Fsp3) is 0.167. The van der Waals surface area contributed by atoms with Crippen LogP contribution < -0.4 is 0 Å². The molecule has 0 saturated heterocycles. The first-order valence-electron chi connectivity index (χ1n) is 5.04. The van der Waals surface area contributed by atoms with E-state index in [9.17, 15) is 4.79 Å². The fourth-order valence-electron chi connectivity index (χ4n) is 1.45. The SMILES string of the molecule is Cc1nn(CC(=O)c2ccc(Br)cc2)cc1Cl. The maximum Gasteiger partial charge on any atom is 0.184 e. The van der Waals surface area contributed by atoms with Crippen LogP contribution in [0.15, 0.2) is 34.9 Å². The van der Waals surface area contributed by atoms with Crippen LogP contribution in [0, 0.1) is 6.92 Å². The average molecular weight is 314 g/mol. The molecule has 0 amide bonds. The smallest absolute Gasteiger partial charge is 0.184 e. The van der Waals surface area contributed by atoms with Gasteiger partial charge in [0.15, 0.2) is 5.78 Å². The van der Waals surface area contributed by atoms with Gasteiger partial charge in [-0.2, -0.15) is 5.10 Å². The summed E-state index contributed by atoms with van der Waals surface area (Å²) in [6, 6.07) is 7.25. The van der Waals surface area contributed by atoms with Crippen molar-refractivity contribution in [1.82, 2.24) is 9.78 Å². The van der Waals surface area contributed by atoms with Gasteiger partial charge in [0.2, 0.25) is 0 Å². The Morgan fingerprint density at radius 2 is 2.06 bits per heavy atom. The standard InChI is InChI=1S/C12H10BrClN2O/c1-8-11(14)6-16(15-8)7-12(17)9-2-4-10(13)5-3-9/h2-6H,7H2,1H3. The van der Waals surface area contributed by atoms with Gasteiger partial charge in [-0.1, -0.05) is 39.7 Å². The lowest BCUT2D eigenvalue weighted by Gasteiger charge is -2.01. The summed E-state index contributed by atoms with van der Waals surface area (Å²) in [6.45, 7) is 2.01. The van der Waals surface area contributed by atoms with Crippen molar-refractivity contribution in [3.63, 3.8) is 0 Å². The number of carbonyl (C=O) groups excluding carboxylic acids is 1. The fourth-order valence-corrected chi connectivity index (χ4v) is 1.86. The van der Waals surface area contributed by atoms with Gasteiger partial charge in [0.25, 0.3) is 0 Å². The van der Waals surface area contributed by atoms with E-state index in [-0.39, 0.29) is 12.3 Å². The minimum atomic E-state index is 0.0108. The summed E-state index contributed by atoms with van der Waals surface area (Å²) in [5.41, 5.74) is 1.40. The van der Waals surface area contributed by atoms with Crippen LogP contribution in [0.25, 0.3) is 0 Å². The molecule has 1 aromatic heterocycles. The first-order chi connectivity index (χ1) is 8.06. The van der Waals surface area contributed by atoms with Crippen molar-refractivity contribution >= 4 is 33.3 Å². The monoisotopic (exact) mass is 312 g/mol. The highest BCUT2D eigenvalue weighted by atomic mass is 79.9. The Kier molecular flexibility index (Phi) is 3.64. The zero-order valence-corrected chi connectivity index (χ0v) is 11.5. The Morgan fingerprint density at radius 1 is 1.41 bits per heavy atom. The third kappa shape index (κ3) is 2.96. The van der Waals surface area contributed by atoms with E-state index in [0.29, 0.717) is 10.6 Å². The molecule has 0 N–H and O–H groups in total. The quantitative estimate of drug-likeness (QED) is 0.813. The van der Waals surface area contributed by atoms with E-state index in [4.69, 9.17) is 11.6 Å². The second-order valence-corrected chi connectivity index (χ2v) is 5.01. The number of hydrogen-bond donors (Lipinski definition) is 0. The van der Waals surface area contributed by atoms with E-state index in [1.165, 1.54) is 0 Å². The molecule has 2 aromatic rings. The van der Waals surface area contributed by atoms with Gasteiger partial charge in [-0.25, -0.2) is 0 Å². The molecule has 2 rings (SSSR count). The molecule has 0 aliphatic heterocycles. The molecule has 1 heterocycles. The molecule has 0 atom stereocenters. The minimum Gasteiger partial charge on any atom is -0.292 e. The molecular formula is C12H10BrClN2O. The molecule has 0 aliphatic carbocycles. The predicted molar refractivity (Wildman–Crippen MR) is 70.4 cm³/mol. The van der Waals surface area contributed by atoms with Gasteiger partial charge in [0, 0.05) is 16.2 Å². The first kappa shape index (κ1) is 12.3. The van der Waals surface area contributed by atoms with Crippen molar-refractivity contribution in [1.29, 1.82) is 0 Å². The molecule has 17 heavy (non-hydrogen) atoms. The summed E-state index contributed by atoms with van der Waals surface area (Å²) in [5.74, 6) is 0.0108. The number of aryl methyl sites for hydroxylation is 1. The predicted octanol–water partition coefficient (Wildman–Crippen LogP) is 3.49. The number of aromatic nitrogens is 2. The molecule has 0 spiro atoms. The van der Waals surface area contributed by atoms with Crippen LogP contribution in [0.5, 0.6) is 0 Å². The zero-order chi connectivity index (χ0) is 12.4. The molecule has 0 radical (unpaired) electrons. The molecule has 88 valence electrons. The van der Waals surface area contributed by atoms with Crippen LogP contribution in [-0.4, -0.2) is 15.6 Å². The van der Waals surface area contributed by atoms with Crippen LogP contribution in [0.2, 0.25) is 5.02 Å². The third-order valence-electron chi connectivity index (χ3n) is 2.36. The largest absolute Gasteiger partial charge is 0.292 e. The van der Waals surface area contributed by atoms with E-state index < -0.39 is 0 Å². The molecule has 0 fully saturated rings. The van der Waals surface area contributed by atoms with Crippen molar-refractivity contribution in [2.45, 2.75) is 13.5 Å². The highest BCUT2D eigenvalue weighted by Gasteiger charge is 2.09. The van der Waals surface area contributed by atoms with Gasteiger partial charge in [-0.3, -0.25) is 9.48 Å². The summed E-state index contributed by atoms with van der Waals surface area (Å²) < 4.78 is 2.51. The van der Waals surface area contributed by atoms with Crippen LogP contribution in [0.1, 0.15) is 16.1 Å². The molecule has 0 bridgehead atoms. The van der Waals surface area contributed by atoms with Gasteiger partial charge in [-0.05, 0) is 19.1 Å². The molecule has 1 aromatic carbocycles. The summed E-state index contributed by atoms with van der Waals surface area (Å²) in [7, 11) is 0. The lowest BCUT2D eigenvalue weighted by atomic mass is 10.1. The second-order valence-electron chi connectivity index (χ2n) is 3.69. The van der Waals surface area contributed by atoms with E-state index in [2.05, 4.69) is 21.0 Å². The number of halogens is 2. The average Bonchev–Trinajstić information content (AvgIpc) is 2.58. The van der Waals surface area contributed by atoms with Gasteiger partial charge >= 0.3 is 0 Å². The van der Waals surface area contributed by atoms with Crippen LogP contribution in [-0.2, 0) is 6.54 Å². The number of nitrogens with zero attached hydrogens (tertiary/aromatic N) is 2. The zero-order valence-electron chi connectivity index (χ0n) is 9.15. The van der Waals surface area contributed by atoms with E-state index in [1.54, 1.807) is 23.0 Å². The summed E-state index contributed by atoms with van der Waals surface area (Å²) in [6.07, 6.45) is 1.66. The Morgan fingerprint density at radius 3 is 2.59 bits per heavy atom. The van der Waals surface area contributed by atoms with E-state index >= 15 is 0 Å². The molecule has 0 aliphatic rings. The normalized spacial score (nSPS) is 10.5. The number of benzene rings is 1. The van der Waals surface area contributed by atoms with Crippen LogP contribution in [0.3, 0.4) is 0 Å². The van der Waals surface area contributed by atoms with Crippen LogP contribution in [0.4, 0.5) is 0 Å². The summed E-state index contributed by atoms with van der Waals surface area (Å²) in [4.78, 5) is 11.9. The first-order valence-corrected chi connectivity index (χ1v) is 6.21. The maximum atomic E-state index is 11.9. The van der Waals surface area contributed by atoms with Crippen molar-refractivity contribution in [3.8, 4) is 0 Å². The Labute approximate surface area is 113 Å².